The maximum Gasteiger partial charge on any atom is 0.178 e. The molecule has 3 aromatic carbocycles. The molecule has 0 spiro atoms. The summed E-state index contributed by atoms with van der Waals surface area (Å²) in [5.74, 6) is 0.00735. The molecular formula is C17H12N2O. The van der Waals surface area contributed by atoms with Crippen LogP contribution in [0.5, 0.6) is 0 Å². The van der Waals surface area contributed by atoms with Crippen molar-refractivity contribution in [3.05, 3.63) is 54.2 Å². The molecule has 20 heavy (non-hydrogen) atoms. The minimum Gasteiger partial charge on any atom is -0.293 e. The molecule has 0 radical (unpaired) electrons. The number of nitrogens with one attached hydrogen (secondary N) is 1. The van der Waals surface area contributed by atoms with Gasteiger partial charge in [-0.3, -0.25) is 9.89 Å². The molecule has 0 atom stereocenters. The Bertz CT molecular complexity index is 982. The Balaban J connectivity index is 2.41. The number of Topliss-reactive ketones (excluding diaryl/α,β-unsaturated/α-hetero) is 1. The predicted molar refractivity (Wildman–Crippen MR) is 81.1 cm³/mol. The van der Waals surface area contributed by atoms with Gasteiger partial charge >= 0.3 is 0 Å². The van der Waals surface area contributed by atoms with Crippen molar-refractivity contribution in [1.82, 2.24) is 10.2 Å². The molecule has 0 bridgehead atoms. The number of nitrogens with zero attached hydrogens (tertiary/aromatic N) is 1. The second kappa shape index (κ2) is 3.90. The first-order valence-electron chi connectivity index (χ1n) is 6.56. The molecule has 1 aromatic heterocycles. The number of fused-ring (bicyclic) bond motifs is 6. The van der Waals surface area contributed by atoms with E-state index in [4.69, 9.17) is 0 Å². The fourth-order valence-electron chi connectivity index (χ4n) is 2.91. The summed E-state index contributed by atoms with van der Waals surface area (Å²) < 4.78 is 0. The van der Waals surface area contributed by atoms with Crippen molar-refractivity contribution >= 4 is 38.2 Å². The topological polar surface area (TPSA) is 45.8 Å². The summed E-state index contributed by atoms with van der Waals surface area (Å²) in [5, 5.41) is 12.7. The fraction of sp³-hybridized carbons (Fsp3) is 0.0588. The number of carbonyl (C=O) groups excluding carboxylic acids is 1. The van der Waals surface area contributed by atoms with E-state index in [9.17, 15) is 4.79 Å². The molecule has 1 N–H and O–H groups in total. The molecule has 4 rings (SSSR count). The Morgan fingerprint density at radius 3 is 2.10 bits per heavy atom. The van der Waals surface area contributed by atoms with Crippen LogP contribution in [0.4, 0.5) is 0 Å². The quantitative estimate of drug-likeness (QED) is 0.414. The van der Waals surface area contributed by atoms with E-state index in [0.717, 1.165) is 32.4 Å². The van der Waals surface area contributed by atoms with Gasteiger partial charge in [-0.1, -0.05) is 48.5 Å². The van der Waals surface area contributed by atoms with Crippen LogP contribution < -0.4 is 0 Å². The van der Waals surface area contributed by atoms with Crippen LogP contribution in [0.25, 0.3) is 32.4 Å². The van der Waals surface area contributed by atoms with Gasteiger partial charge in [0, 0.05) is 17.7 Å². The van der Waals surface area contributed by atoms with E-state index in [1.165, 1.54) is 0 Å². The first kappa shape index (κ1) is 11.2. The third kappa shape index (κ3) is 1.35. The lowest BCUT2D eigenvalue weighted by Crippen LogP contribution is -1.93. The lowest BCUT2D eigenvalue weighted by molar-refractivity contribution is 0.101. The van der Waals surface area contributed by atoms with Crippen molar-refractivity contribution in [2.75, 3.05) is 0 Å². The molecule has 3 nitrogen and oxygen atoms in total. The Labute approximate surface area is 115 Å². The summed E-state index contributed by atoms with van der Waals surface area (Å²) in [6.07, 6.45) is 0. The highest BCUT2D eigenvalue weighted by Gasteiger charge is 2.16. The Hall–Kier alpha value is -2.68. The molecule has 96 valence electrons. The lowest BCUT2D eigenvalue weighted by Gasteiger charge is -2.06. The number of aromatic nitrogens is 2. The van der Waals surface area contributed by atoms with Gasteiger partial charge in [0.25, 0.3) is 0 Å². The summed E-state index contributed by atoms with van der Waals surface area (Å²) in [7, 11) is 0. The van der Waals surface area contributed by atoms with E-state index in [1.54, 1.807) is 6.92 Å². The van der Waals surface area contributed by atoms with Gasteiger partial charge in [-0.2, -0.15) is 5.10 Å². The van der Waals surface area contributed by atoms with Crippen LogP contribution >= 0.6 is 0 Å². The van der Waals surface area contributed by atoms with Crippen molar-refractivity contribution in [3.63, 3.8) is 0 Å². The maximum absolute atomic E-state index is 11.8. The van der Waals surface area contributed by atoms with Crippen LogP contribution in [-0.4, -0.2) is 16.0 Å². The number of hydrogen-bond donors (Lipinski definition) is 1. The zero-order valence-electron chi connectivity index (χ0n) is 11.0. The summed E-state index contributed by atoms with van der Waals surface area (Å²) >= 11 is 0. The summed E-state index contributed by atoms with van der Waals surface area (Å²) in [6.45, 7) is 1.57. The van der Waals surface area contributed by atoms with Gasteiger partial charge in [-0.25, -0.2) is 0 Å². The number of carbonyl (C=O) groups is 1. The van der Waals surface area contributed by atoms with Gasteiger partial charge in [0.1, 0.15) is 11.2 Å². The van der Waals surface area contributed by atoms with Gasteiger partial charge in [-0.05, 0) is 16.2 Å². The highest BCUT2D eigenvalue weighted by molar-refractivity contribution is 6.27. The van der Waals surface area contributed by atoms with Crippen LogP contribution in [0.2, 0.25) is 0 Å². The highest BCUT2D eigenvalue weighted by Crippen LogP contribution is 2.35. The van der Waals surface area contributed by atoms with Gasteiger partial charge in [0.15, 0.2) is 5.78 Å². The third-order valence-electron chi connectivity index (χ3n) is 3.79. The van der Waals surface area contributed by atoms with Gasteiger partial charge in [-0.15, -0.1) is 0 Å². The standard InChI is InChI=1S/C17H12N2O/c1-10(20)16-15-13-8-4-2-6-11(13)12-7-3-5-9-14(12)17(15)19-18-16/h2-9H,1H3,(H,18,19). The number of benzene rings is 3. The number of aromatic amines is 1. The molecule has 3 heteroatoms. The van der Waals surface area contributed by atoms with Crippen LogP contribution in [0, 0.1) is 0 Å². The second-order valence-corrected chi connectivity index (χ2v) is 4.97. The number of hydrogen-bond acceptors (Lipinski definition) is 2. The lowest BCUT2D eigenvalue weighted by atomic mass is 9.96. The molecule has 0 saturated heterocycles. The first-order valence-corrected chi connectivity index (χ1v) is 6.56. The maximum atomic E-state index is 11.8. The third-order valence-corrected chi connectivity index (χ3v) is 3.79. The van der Waals surface area contributed by atoms with Crippen molar-refractivity contribution in [1.29, 1.82) is 0 Å². The average molecular weight is 260 g/mol. The number of H-pyrrole nitrogens is 1. The molecular weight excluding hydrogens is 248 g/mol. The van der Waals surface area contributed by atoms with E-state index >= 15 is 0 Å². The molecule has 0 aliphatic heterocycles. The summed E-state index contributed by atoms with van der Waals surface area (Å²) in [5.41, 5.74) is 1.45. The van der Waals surface area contributed by atoms with E-state index < -0.39 is 0 Å². The number of rotatable bonds is 1. The van der Waals surface area contributed by atoms with Crippen LogP contribution in [-0.2, 0) is 0 Å². The largest absolute Gasteiger partial charge is 0.293 e. The molecule has 0 aliphatic rings. The monoisotopic (exact) mass is 260 g/mol. The van der Waals surface area contributed by atoms with Gasteiger partial charge < -0.3 is 0 Å². The molecule has 1 heterocycles. The fourth-order valence-corrected chi connectivity index (χ4v) is 2.91. The Morgan fingerprint density at radius 1 is 0.900 bits per heavy atom. The van der Waals surface area contributed by atoms with Crippen LogP contribution in [0.3, 0.4) is 0 Å². The van der Waals surface area contributed by atoms with Crippen molar-refractivity contribution in [3.8, 4) is 0 Å². The zero-order valence-corrected chi connectivity index (χ0v) is 11.0. The summed E-state index contributed by atoms with van der Waals surface area (Å²) in [4.78, 5) is 11.8. The SMILES string of the molecule is CC(=O)c1[nH]nc2c3ccccc3c3ccccc3c12. The van der Waals surface area contributed by atoms with Crippen molar-refractivity contribution < 1.29 is 4.79 Å². The van der Waals surface area contributed by atoms with Crippen molar-refractivity contribution in [2.45, 2.75) is 6.92 Å². The van der Waals surface area contributed by atoms with Crippen LogP contribution in [0.15, 0.2) is 48.5 Å². The minimum atomic E-state index is 0.00735. The molecule has 0 fully saturated rings. The normalized spacial score (nSPS) is 11.4. The summed E-state index contributed by atoms with van der Waals surface area (Å²) in [6, 6.07) is 16.3. The highest BCUT2D eigenvalue weighted by atomic mass is 16.1. The van der Waals surface area contributed by atoms with E-state index in [-0.39, 0.29) is 5.78 Å². The van der Waals surface area contributed by atoms with E-state index in [0.29, 0.717) is 5.69 Å². The first-order chi connectivity index (χ1) is 9.77. The van der Waals surface area contributed by atoms with Gasteiger partial charge in [0.05, 0.1) is 0 Å². The predicted octanol–water partition coefficient (Wildman–Crippen LogP) is 4.07. The second-order valence-electron chi connectivity index (χ2n) is 4.97. The van der Waals surface area contributed by atoms with Crippen LogP contribution in [0.1, 0.15) is 17.4 Å². The molecule has 0 saturated carbocycles. The van der Waals surface area contributed by atoms with Gasteiger partial charge in [0.2, 0.25) is 0 Å². The Morgan fingerprint density at radius 2 is 1.45 bits per heavy atom. The smallest absolute Gasteiger partial charge is 0.178 e. The van der Waals surface area contributed by atoms with E-state index in [1.807, 2.05) is 30.3 Å². The molecule has 0 unspecified atom stereocenters. The molecule has 0 amide bonds. The Kier molecular flexibility index (Phi) is 2.18. The molecule has 4 aromatic rings. The van der Waals surface area contributed by atoms with E-state index in [2.05, 4.69) is 28.4 Å². The minimum absolute atomic E-state index is 0.00735. The number of ketones is 1. The van der Waals surface area contributed by atoms with Crippen molar-refractivity contribution in [2.24, 2.45) is 0 Å². The zero-order chi connectivity index (χ0) is 13.7. The average Bonchev–Trinajstić information content (AvgIpc) is 2.93. The molecule has 0 aliphatic carbocycles.